The van der Waals surface area contributed by atoms with Crippen molar-refractivity contribution in [3.05, 3.63) is 34.9 Å². The van der Waals surface area contributed by atoms with Crippen molar-refractivity contribution in [3.63, 3.8) is 0 Å². The molecule has 0 heterocycles. The molecule has 0 bridgehead atoms. The Morgan fingerprint density at radius 2 is 1.61 bits per heavy atom. The van der Waals surface area contributed by atoms with Crippen LogP contribution in [0.2, 0.25) is 0 Å². The Morgan fingerprint density at radius 3 is 2.17 bits per heavy atom. The lowest BCUT2D eigenvalue weighted by Crippen LogP contribution is -2.38. The van der Waals surface area contributed by atoms with Crippen LogP contribution < -0.4 is 11.1 Å². The second-order valence-corrected chi connectivity index (χ2v) is 5.92. The van der Waals surface area contributed by atoms with E-state index in [-0.39, 0.29) is 0 Å². The van der Waals surface area contributed by atoms with Gasteiger partial charge in [-0.15, -0.1) is 0 Å². The first-order chi connectivity index (χ1) is 8.54. The number of rotatable bonds is 3. The van der Waals surface area contributed by atoms with Crippen LogP contribution >= 0.6 is 0 Å². The van der Waals surface area contributed by atoms with Gasteiger partial charge in [-0.05, 0) is 52.0 Å². The second-order valence-electron chi connectivity index (χ2n) is 5.92. The Kier molecular flexibility index (Phi) is 4.41. The molecule has 0 aliphatic heterocycles. The van der Waals surface area contributed by atoms with E-state index in [9.17, 15) is 0 Å². The van der Waals surface area contributed by atoms with E-state index >= 15 is 0 Å². The van der Waals surface area contributed by atoms with Crippen molar-refractivity contribution in [2.75, 3.05) is 0 Å². The molecule has 2 nitrogen and oxygen atoms in total. The number of nitrogens with one attached hydrogen (secondary N) is 1. The van der Waals surface area contributed by atoms with Crippen molar-refractivity contribution in [1.82, 2.24) is 5.32 Å². The molecule has 1 aliphatic rings. The molecule has 3 N–H and O–H groups in total. The lowest BCUT2D eigenvalue weighted by Gasteiger charge is -2.30. The van der Waals surface area contributed by atoms with Gasteiger partial charge in [-0.25, -0.2) is 0 Å². The van der Waals surface area contributed by atoms with E-state index in [1.54, 1.807) is 0 Å². The minimum absolute atomic E-state index is 0.430. The van der Waals surface area contributed by atoms with Crippen LogP contribution in [0.15, 0.2) is 18.2 Å². The Labute approximate surface area is 111 Å². The van der Waals surface area contributed by atoms with Crippen LogP contribution in [0.4, 0.5) is 0 Å². The lowest BCUT2D eigenvalue weighted by atomic mass is 9.90. The molecule has 2 heteroatoms. The summed E-state index contributed by atoms with van der Waals surface area (Å²) in [5.74, 6) is 0. The molecule has 0 aromatic heterocycles. The van der Waals surface area contributed by atoms with Crippen LogP contribution in [0.3, 0.4) is 0 Å². The van der Waals surface area contributed by atoms with Gasteiger partial charge in [-0.3, -0.25) is 0 Å². The third-order valence-corrected chi connectivity index (χ3v) is 4.00. The molecule has 2 rings (SSSR count). The third-order valence-electron chi connectivity index (χ3n) is 4.00. The quantitative estimate of drug-likeness (QED) is 0.859. The van der Waals surface area contributed by atoms with E-state index in [0.717, 1.165) is 12.8 Å². The monoisotopic (exact) mass is 246 g/mol. The van der Waals surface area contributed by atoms with E-state index in [1.807, 2.05) is 0 Å². The van der Waals surface area contributed by atoms with Crippen molar-refractivity contribution in [1.29, 1.82) is 0 Å². The van der Waals surface area contributed by atoms with Crippen LogP contribution in [0, 0.1) is 13.8 Å². The van der Waals surface area contributed by atoms with E-state index in [1.165, 1.54) is 29.5 Å². The first kappa shape index (κ1) is 13.6. The zero-order valence-corrected chi connectivity index (χ0v) is 11.9. The van der Waals surface area contributed by atoms with Gasteiger partial charge in [0, 0.05) is 18.1 Å². The van der Waals surface area contributed by atoms with Gasteiger partial charge in [0.25, 0.3) is 0 Å². The number of hydrogen-bond acceptors (Lipinski definition) is 2. The molecule has 18 heavy (non-hydrogen) atoms. The maximum atomic E-state index is 5.95. The van der Waals surface area contributed by atoms with Gasteiger partial charge in [0.05, 0.1) is 0 Å². The van der Waals surface area contributed by atoms with Crippen molar-refractivity contribution >= 4 is 0 Å². The first-order valence-electron chi connectivity index (χ1n) is 7.14. The zero-order chi connectivity index (χ0) is 13.1. The Morgan fingerprint density at radius 1 is 1.06 bits per heavy atom. The largest absolute Gasteiger partial charge is 0.328 e. The summed E-state index contributed by atoms with van der Waals surface area (Å²) >= 11 is 0. The molecular formula is C16H26N2. The summed E-state index contributed by atoms with van der Waals surface area (Å²) in [4.78, 5) is 0. The summed E-state index contributed by atoms with van der Waals surface area (Å²) in [5, 5.41) is 3.75. The fourth-order valence-electron chi connectivity index (χ4n) is 3.00. The topological polar surface area (TPSA) is 38.0 Å². The molecule has 1 unspecified atom stereocenters. The van der Waals surface area contributed by atoms with E-state index in [0.29, 0.717) is 18.1 Å². The Hall–Kier alpha value is -0.860. The fourth-order valence-corrected chi connectivity index (χ4v) is 3.00. The highest BCUT2D eigenvalue weighted by Gasteiger charge is 2.20. The fraction of sp³-hybridized carbons (Fsp3) is 0.625. The normalized spacial score (nSPS) is 26.0. The highest BCUT2D eigenvalue weighted by Crippen LogP contribution is 2.22. The number of aryl methyl sites for hydroxylation is 2. The van der Waals surface area contributed by atoms with Crippen LogP contribution in [0.1, 0.15) is 55.3 Å². The van der Waals surface area contributed by atoms with Crippen molar-refractivity contribution in [2.45, 2.75) is 64.6 Å². The average Bonchev–Trinajstić information content (AvgIpc) is 2.31. The van der Waals surface area contributed by atoms with Gasteiger partial charge < -0.3 is 11.1 Å². The lowest BCUT2D eigenvalue weighted by molar-refractivity contribution is 0.322. The molecular weight excluding hydrogens is 220 g/mol. The van der Waals surface area contributed by atoms with Gasteiger partial charge >= 0.3 is 0 Å². The van der Waals surface area contributed by atoms with Gasteiger partial charge in [0.15, 0.2) is 0 Å². The summed E-state index contributed by atoms with van der Waals surface area (Å²) in [5.41, 5.74) is 10.1. The third kappa shape index (κ3) is 3.56. The predicted molar refractivity (Wildman–Crippen MR) is 77.7 cm³/mol. The molecule has 1 saturated carbocycles. The molecule has 0 spiro atoms. The second kappa shape index (κ2) is 5.85. The Bertz CT molecular complexity index is 372. The molecule has 1 aromatic rings. The summed E-state index contributed by atoms with van der Waals surface area (Å²) in [6.45, 7) is 6.61. The highest BCUT2D eigenvalue weighted by atomic mass is 14.9. The van der Waals surface area contributed by atoms with E-state index in [2.05, 4.69) is 44.3 Å². The maximum Gasteiger partial charge on any atom is 0.0294 e. The molecule has 0 amide bonds. The summed E-state index contributed by atoms with van der Waals surface area (Å²) in [7, 11) is 0. The van der Waals surface area contributed by atoms with Gasteiger partial charge in [0.1, 0.15) is 0 Å². The van der Waals surface area contributed by atoms with Crippen LogP contribution in [-0.2, 0) is 0 Å². The number of benzene rings is 1. The average molecular weight is 246 g/mol. The molecule has 0 saturated heterocycles. The standard InChI is InChI=1S/C16H26N2/c1-11-8-12(2)10-14(9-11)13(3)18-16-6-4-15(17)5-7-16/h8-10,13,15-16,18H,4-7,17H2,1-3H3. The summed E-state index contributed by atoms with van der Waals surface area (Å²) < 4.78 is 0. The van der Waals surface area contributed by atoms with Crippen LogP contribution in [0.25, 0.3) is 0 Å². The van der Waals surface area contributed by atoms with E-state index < -0.39 is 0 Å². The van der Waals surface area contributed by atoms with Gasteiger partial charge in [-0.1, -0.05) is 29.3 Å². The minimum atomic E-state index is 0.430. The molecule has 1 aromatic carbocycles. The zero-order valence-electron chi connectivity index (χ0n) is 11.9. The SMILES string of the molecule is Cc1cc(C)cc(C(C)NC2CCC(N)CC2)c1. The maximum absolute atomic E-state index is 5.95. The number of hydrogen-bond donors (Lipinski definition) is 2. The highest BCUT2D eigenvalue weighted by molar-refractivity contribution is 5.30. The smallest absolute Gasteiger partial charge is 0.0294 e. The van der Waals surface area contributed by atoms with E-state index in [4.69, 9.17) is 5.73 Å². The summed E-state index contributed by atoms with van der Waals surface area (Å²) in [6.07, 6.45) is 4.76. The molecule has 0 radical (unpaired) electrons. The van der Waals surface area contributed by atoms with Gasteiger partial charge in [-0.2, -0.15) is 0 Å². The molecule has 1 fully saturated rings. The minimum Gasteiger partial charge on any atom is -0.328 e. The van der Waals surface area contributed by atoms with Crippen molar-refractivity contribution in [2.24, 2.45) is 5.73 Å². The Balaban J connectivity index is 1.96. The predicted octanol–water partition coefficient (Wildman–Crippen LogP) is 3.22. The molecule has 1 aliphatic carbocycles. The summed E-state index contributed by atoms with van der Waals surface area (Å²) in [6, 6.07) is 8.32. The van der Waals surface area contributed by atoms with Crippen LogP contribution in [-0.4, -0.2) is 12.1 Å². The first-order valence-corrected chi connectivity index (χ1v) is 7.14. The van der Waals surface area contributed by atoms with Crippen molar-refractivity contribution < 1.29 is 0 Å². The van der Waals surface area contributed by atoms with Crippen molar-refractivity contribution in [3.8, 4) is 0 Å². The van der Waals surface area contributed by atoms with Crippen LogP contribution in [0.5, 0.6) is 0 Å². The van der Waals surface area contributed by atoms with Gasteiger partial charge in [0.2, 0.25) is 0 Å². The molecule has 100 valence electrons. The molecule has 1 atom stereocenters. The number of nitrogens with two attached hydrogens (primary N) is 1.